The molecule has 2 aliphatic heterocycles. The third-order valence-corrected chi connectivity index (χ3v) is 10.2. The summed E-state index contributed by atoms with van der Waals surface area (Å²) in [6, 6.07) is 1.10. The van der Waals surface area contributed by atoms with Crippen LogP contribution in [0.2, 0.25) is 0 Å². The van der Waals surface area contributed by atoms with Gasteiger partial charge in [0, 0.05) is 37.5 Å². The number of hydrogen-bond donors (Lipinski definition) is 2. The van der Waals surface area contributed by atoms with Gasteiger partial charge in [0.1, 0.15) is 11.4 Å². The summed E-state index contributed by atoms with van der Waals surface area (Å²) >= 11 is 0. The zero-order chi connectivity index (χ0) is 28.1. The summed E-state index contributed by atoms with van der Waals surface area (Å²) in [6.07, 6.45) is 6.54. The number of H-pyrrole nitrogens is 1. The van der Waals surface area contributed by atoms with Gasteiger partial charge in [0.15, 0.2) is 15.7 Å². The van der Waals surface area contributed by atoms with Gasteiger partial charge in [-0.15, -0.1) is 0 Å². The highest BCUT2D eigenvalue weighted by Gasteiger charge is 2.57. The van der Waals surface area contributed by atoms with E-state index >= 15 is 0 Å². The van der Waals surface area contributed by atoms with Crippen LogP contribution in [0.15, 0.2) is 18.5 Å². The van der Waals surface area contributed by atoms with Gasteiger partial charge in [0.05, 0.1) is 46.8 Å². The molecule has 40 heavy (non-hydrogen) atoms. The van der Waals surface area contributed by atoms with Crippen LogP contribution in [0.4, 0.5) is 29.5 Å². The highest BCUT2D eigenvalue weighted by Crippen LogP contribution is 2.51. The van der Waals surface area contributed by atoms with E-state index in [1.165, 1.54) is 17.4 Å². The van der Waals surface area contributed by atoms with Crippen molar-refractivity contribution in [3.8, 4) is 11.4 Å². The Balaban J connectivity index is 1.19. The molecule has 5 heterocycles. The first kappa shape index (κ1) is 25.6. The van der Waals surface area contributed by atoms with Crippen LogP contribution in [-0.4, -0.2) is 92.6 Å². The first-order chi connectivity index (χ1) is 18.8. The Morgan fingerprint density at radius 3 is 2.52 bits per heavy atom. The standard InChI is InChI=1S/C25H29F3N8O3S/c1-40(38,39)15-11-34(12-15)21-16-9-29-17(8-19(16)36(33-21)13-23(26)2-3-23)20-18(10-30-32-20)31-22(37)35-14-25(27,28)7-6-24(35)4-5-24/h8-10,15H,2-7,11-14H2,1H3,(H,30,32)(H,31,37). The van der Waals surface area contributed by atoms with E-state index in [2.05, 4.69) is 25.6 Å². The first-order valence-electron chi connectivity index (χ1n) is 13.3. The Kier molecular flexibility index (Phi) is 5.33. The average molecular weight is 579 g/mol. The normalized spacial score (nSPS) is 22.9. The van der Waals surface area contributed by atoms with Crippen molar-refractivity contribution < 1.29 is 26.4 Å². The number of anilines is 2. The van der Waals surface area contributed by atoms with E-state index in [1.807, 2.05) is 4.90 Å². The fourth-order valence-corrected chi connectivity index (χ4v) is 6.63. The van der Waals surface area contributed by atoms with Gasteiger partial charge < -0.3 is 15.1 Å². The maximum atomic E-state index is 14.8. The minimum atomic E-state index is -3.18. The third kappa shape index (κ3) is 4.38. The van der Waals surface area contributed by atoms with Crippen molar-refractivity contribution in [2.75, 3.05) is 36.1 Å². The Morgan fingerprint density at radius 2 is 1.85 bits per heavy atom. The van der Waals surface area contributed by atoms with Crippen molar-refractivity contribution in [1.29, 1.82) is 0 Å². The molecule has 2 saturated carbocycles. The summed E-state index contributed by atoms with van der Waals surface area (Å²) in [5, 5.41) is 14.4. The number of nitrogens with one attached hydrogen (secondary N) is 2. The van der Waals surface area contributed by atoms with E-state index in [4.69, 9.17) is 0 Å². The Bertz CT molecular complexity index is 1620. The predicted molar refractivity (Wildman–Crippen MR) is 141 cm³/mol. The van der Waals surface area contributed by atoms with Crippen LogP contribution >= 0.6 is 0 Å². The van der Waals surface area contributed by atoms with Gasteiger partial charge in [0.2, 0.25) is 0 Å². The fourth-order valence-electron chi connectivity index (χ4n) is 5.73. The highest BCUT2D eigenvalue weighted by atomic mass is 32.2. The molecule has 2 N–H and O–H groups in total. The van der Waals surface area contributed by atoms with Crippen LogP contribution < -0.4 is 10.2 Å². The summed E-state index contributed by atoms with van der Waals surface area (Å²) < 4.78 is 68.6. The summed E-state index contributed by atoms with van der Waals surface area (Å²) in [6.45, 7) is 0.0104. The lowest BCUT2D eigenvalue weighted by atomic mass is 9.97. The van der Waals surface area contributed by atoms with E-state index in [9.17, 15) is 26.4 Å². The van der Waals surface area contributed by atoms with Crippen molar-refractivity contribution in [3.05, 3.63) is 18.5 Å². The SMILES string of the molecule is CS(=O)(=O)C1CN(c2nn(CC3(F)CC3)c3cc(-c4[nH]ncc4NC(=O)N4CC(F)(F)CCC45CC5)ncc23)C1. The van der Waals surface area contributed by atoms with E-state index in [0.29, 0.717) is 66.9 Å². The molecule has 214 valence electrons. The number of halogens is 3. The number of sulfone groups is 1. The number of pyridine rings is 1. The number of aromatic amines is 1. The monoisotopic (exact) mass is 578 g/mol. The number of carbonyl (C=O) groups excluding carboxylic acids is 1. The maximum Gasteiger partial charge on any atom is 0.322 e. The second kappa shape index (κ2) is 8.33. The molecule has 0 atom stereocenters. The summed E-state index contributed by atoms with van der Waals surface area (Å²) in [5.74, 6) is -2.39. The number of piperidine rings is 1. The van der Waals surface area contributed by atoms with Crippen LogP contribution in [0.3, 0.4) is 0 Å². The molecule has 11 nitrogen and oxygen atoms in total. The number of aromatic nitrogens is 5. The highest BCUT2D eigenvalue weighted by molar-refractivity contribution is 7.91. The van der Waals surface area contributed by atoms with Crippen molar-refractivity contribution >= 4 is 38.3 Å². The maximum absolute atomic E-state index is 14.8. The van der Waals surface area contributed by atoms with Gasteiger partial charge in [0.25, 0.3) is 5.92 Å². The lowest BCUT2D eigenvalue weighted by molar-refractivity contribution is -0.0721. The zero-order valence-electron chi connectivity index (χ0n) is 21.8. The number of likely N-dealkylation sites (tertiary alicyclic amines) is 1. The van der Waals surface area contributed by atoms with Crippen molar-refractivity contribution in [3.63, 3.8) is 0 Å². The molecular formula is C25H29F3N8O3S. The van der Waals surface area contributed by atoms with Gasteiger partial charge in [-0.05, 0) is 38.2 Å². The number of nitrogens with zero attached hydrogens (tertiary/aromatic N) is 6. The van der Waals surface area contributed by atoms with Gasteiger partial charge in [-0.25, -0.2) is 26.4 Å². The quantitative estimate of drug-likeness (QED) is 0.459. The second-order valence-electron chi connectivity index (χ2n) is 11.8. The van der Waals surface area contributed by atoms with Crippen molar-refractivity contribution in [2.45, 2.75) is 67.4 Å². The zero-order valence-corrected chi connectivity index (χ0v) is 22.6. The van der Waals surface area contributed by atoms with Crippen molar-refractivity contribution in [2.24, 2.45) is 0 Å². The molecule has 7 rings (SSSR count). The molecule has 3 aromatic rings. The summed E-state index contributed by atoms with van der Waals surface area (Å²) in [5.41, 5.74) is -0.179. The Labute approximate surface area is 228 Å². The van der Waals surface area contributed by atoms with Crippen molar-refractivity contribution in [1.82, 2.24) is 29.9 Å². The number of amides is 2. The average Bonchev–Trinajstić information content (AvgIpc) is 3.70. The fraction of sp³-hybridized carbons (Fsp3) is 0.600. The van der Waals surface area contributed by atoms with E-state index < -0.39 is 44.8 Å². The van der Waals surface area contributed by atoms with Gasteiger partial charge >= 0.3 is 6.03 Å². The molecule has 0 unspecified atom stereocenters. The summed E-state index contributed by atoms with van der Waals surface area (Å²) in [4.78, 5) is 20.8. The minimum absolute atomic E-state index is 0.0497. The number of fused-ring (bicyclic) bond motifs is 1. The molecular weight excluding hydrogens is 549 g/mol. The lowest BCUT2D eigenvalue weighted by Gasteiger charge is -2.40. The topological polar surface area (TPSA) is 129 Å². The number of hydrogen-bond acceptors (Lipinski definition) is 7. The molecule has 2 amide bonds. The van der Waals surface area contributed by atoms with E-state index in [-0.39, 0.29) is 25.1 Å². The van der Waals surface area contributed by atoms with Gasteiger partial charge in [-0.1, -0.05) is 0 Å². The van der Waals surface area contributed by atoms with Crippen LogP contribution in [0, 0.1) is 0 Å². The molecule has 0 aromatic carbocycles. The molecule has 15 heteroatoms. The number of alkyl halides is 3. The molecule has 2 saturated heterocycles. The molecule has 4 aliphatic rings. The molecule has 2 aliphatic carbocycles. The molecule has 0 bridgehead atoms. The largest absolute Gasteiger partial charge is 0.352 e. The number of urea groups is 1. The Hall–Kier alpha value is -3.36. The summed E-state index contributed by atoms with van der Waals surface area (Å²) in [7, 11) is -3.18. The van der Waals surface area contributed by atoms with Crippen LogP contribution in [0.1, 0.15) is 38.5 Å². The number of rotatable bonds is 6. The van der Waals surface area contributed by atoms with E-state index in [1.54, 1.807) is 16.9 Å². The van der Waals surface area contributed by atoms with Gasteiger partial charge in [-0.3, -0.25) is 14.8 Å². The van der Waals surface area contributed by atoms with E-state index in [0.717, 1.165) is 0 Å². The molecule has 1 spiro atoms. The third-order valence-electron chi connectivity index (χ3n) is 8.72. The second-order valence-corrected chi connectivity index (χ2v) is 14.2. The lowest BCUT2D eigenvalue weighted by Crippen LogP contribution is -2.54. The number of carbonyl (C=O) groups is 1. The molecule has 0 radical (unpaired) electrons. The smallest absolute Gasteiger partial charge is 0.322 e. The Morgan fingerprint density at radius 1 is 1.12 bits per heavy atom. The van der Waals surface area contributed by atoms with Gasteiger partial charge in [-0.2, -0.15) is 10.2 Å². The minimum Gasteiger partial charge on any atom is -0.352 e. The van der Waals surface area contributed by atoms with Crippen LogP contribution in [-0.2, 0) is 16.4 Å². The van der Waals surface area contributed by atoms with Crippen LogP contribution in [0.5, 0.6) is 0 Å². The van der Waals surface area contributed by atoms with Crippen LogP contribution in [0.25, 0.3) is 22.3 Å². The first-order valence-corrected chi connectivity index (χ1v) is 15.3. The predicted octanol–water partition coefficient (Wildman–Crippen LogP) is 3.35. The molecule has 3 aromatic heterocycles. The molecule has 4 fully saturated rings.